The topological polar surface area (TPSA) is 156 Å². The summed E-state index contributed by atoms with van der Waals surface area (Å²) in [6.07, 6.45) is 4.38. The van der Waals surface area contributed by atoms with Crippen LogP contribution in [0.2, 0.25) is 0 Å². The molecule has 14 heteroatoms. The summed E-state index contributed by atoms with van der Waals surface area (Å²) in [6, 6.07) is -1.63. The molecule has 2 rings (SSSR count). The van der Waals surface area contributed by atoms with Gasteiger partial charge in [0.05, 0.1) is 19.1 Å². The van der Waals surface area contributed by atoms with Gasteiger partial charge in [-0.2, -0.15) is 0 Å². The van der Waals surface area contributed by atoms with Crippen LogP contribution in [-0.2, 0) is 28.7 Å². The number of amides is 3. The van der Waals surface area contributed by atoms with Crippen LogP contribution < -0.4 is 16.0 Å². The molecule has 1 saturated heterocycles. The summed E-state index contributed by atoms with van der Waals surface area (Å²) in [5.74, 6) is -2.10. The average molecular weight is 670 g/mol. The first-order valence-electron chi connectivity index (χ1n) is 15.8. The molecule has 45 heavy (non-hydrogen) atoms. The lowest BCUT2D eigenvalue weighted by Crippen LogP contribution is -2.55. The molecule has 3 N–H and O–H groups in total. The molecule has 2 heterocycles. The van der Waals surface area contributed by atoms with Crippen LogP contribution in [0.3, 0.4) is 0 Å². The second-order valence-corrected chi connectivity index (χ2v) is 13.5. The third-order valence-electron chi connectivity index (χ3n) is 8.08. The summed E-state index contributed by atoms with van der Waals surface area (Å²) < 4.78 is 10.4. The Morgan fingerprint density at radius 2 is 1.82 bits per heavy atom. The van der Waals surface area contributed by atoms with Gasteiger partial charge in [0.25, 0.3) is 5.91 Å². The Balaban J connectivity index is 2.15. The van der Waals surface area contributed by atoms with Gasteiger partial charge < -0.3 is 25.4 Å². The summed E-state index contributed by atoms with van der Waals surface area (Å²) in [5.41, 5.74) is 0.171. The minimum absolute atomic E-state index is 0.0307. The van der Waals surface area contributed by atoms with Crippen molar-refractivity contribution in [2.75, 3.05) is 26.9 Å². The van der Waals surface area contributed by atoms with Gasteiger partial charge >= 0.3 is 11.9 Å². The van der Waals surface area contributed by atoms with E-state index in [0.29, 0.717) is 30.4 Å². The summed E-state index contributed by atoms with van der Waals surface area (Å²) >= 11 is 1.19. The highest BCUT2D eigenvalue weighted by Gasteiger charge is 2.32. The van der Waals surface area contributed by atoms with Crippen LogP contribution in [0.1, 0.15) is 101 Å². The number of hydrogen-bond acceptors (Lipinski definition) is 10. The highest BCUT2D eigenvalue weighted by atomic mass is 32.1. The molecule has 12 nitrogen and oxygen atoms in total. The van der Waals surface area contributed by atoms with E-state index in [2.05, 4.69) is 30.2 Å². The van der Waals surface area contributed by atoms with Crippen LogP contribution in [-0.4, -0.2) is 90.6 Å². The molecule has 1 aliphatic heterocycles. The number of nitrogens with zero attached hydrogens (tertiary/aromatic N) is 2. The van der Waals surface area contributed by atoms with Gasteiger partial charge in [0.15, 0.2) is 6.10 Å². The highest BCUT2D eigenvalue weighted by molar-refractivity contribution is 7.16. The Hall–Kier alpha value is -2.63. The number of hydrogen-bond donors (Lipinski definition) is 3. The number of piperidine rings is 1. The second kappa shape index (κ2) is 19.1. The first kappa shape index (κ1) is 38.6. The Morgan fingerprint density at radius 1 is 1.11 bits per heavy atom. The van der Waals surface area contributed by atoms with Crippen LogP contribution in [0.15, 0.2) is 5.38 Å². The molecule has 0 bridgehead atoms. The van der Waals surface area contributed by atoms with Crippen molar-refractivity contribution in [1.82, 2.24) is 25.8 Å². The van der Waals surface area contributed by atoms with E-state index in [9.17, 15) is 24.0 Å². The minimum Gasteiger partial charge on any atom is -0.469 e. The van der Waals surface area contributed by atoms with Gasteiger partial charge in [-0.1, -0.05) is 40.5 Å². The normalized spacial score (nSPS) is 18.6. The molecule has 7 atom stereocenters. The third kappa shape index (κ3) is 12.2. The minimum atomic E-state index is -0.797. The molecule has 1 fully saturated rings. The van der Waals surface area contributed by atoms with Crippen molar-refractivity contribution < 1.29 is 33.4 Å². The van der Waals surface area contributed by atoms with E-state index in [1.807, 2.05) is 32.7 Å². The van der Waals surface area contributed by atoms with E-state index in [4.69, 9.17) is 9.47 Å². The lowest BCUT2D eigenvalue weighted by atomic mass is 9.96. The van der Waals surface area contributed by atoms with Gasteiger partial charge in [-0.25, -0.2) is 4.98 Å². The number of thiazole rings is 1. The Morgan fingerprint density at radius 3 is 2.40 bits per heavy atom. The maximum atomic E-state index is 13.5. The van der Waals surface area contributed by atoms with Gasteiger partial charge in [-0.15, -0.1) is 20.6 Å². The second-order valence-electron chi connectivity index (χ2n) is 12.2. The Bertz CT molecular complexity index is 1150. The molecule has 1 aromatic rings. The number of aromatic nitrogens is 1. The molecule has 1 aromatic heterocycles. The zero-order valence-electron chi connectivity index (χ0n) is 27.7. The number of esters is 2. The van der Waals surface area contributed by atoms with Crippen LogP contribution in [0.5, 0.6) is 0 Å². The van der Waals surface area contributed by atoms with Gasteiger partial charge in [0, 0.05) is 30.8 Å². The van der Waals surface area contributed by atoms with Crippen molar-refractivity contribution in [3.63, 3.8) is 0 Å². The predicted octanol–water partition coefficient (Wildman–Crippen LogP) is 3.22. The van der Waals surface area contributed by atoms with Gasteiger partial charge in [-0.3, -0.25) is 28.9 Å². The van der Waals surface area contributed by atoms with Gasteiger partial charge in [-0.05, 0) is 51.4 Å². The van der Waals surface area contributed by atoms with E-state index in [1.54, 1.807) is 12.3 Å². The molecule has 1 unspecified atom stereocenters. The molecule has 0 saturated carbocycles. The van der Waals surface area contributed by atoms with Crippen molar-refractivity contribution in [1.29, 1.82) is 0 Å². The first-order chi connectivity index (χ1) is 21.3. The first-order valence-corrected chi connectivity index (χ1v) is 17.5. The van der Waals surface area contributed by atoms with Crippen LogP contribution >= 0.6 is 20.6 Å². The molecular formula is C31H52N5O7PS. The fourth-order valence-electron chi connectivity index (χ4n) is 5.38. The largest absolute Gasteiger partial charge is 0.469 e. The van der Waals surface area contributed by atoms with E-state index < -0.39 is 30.1 Å². The maximum Gasteiger partial charge on any atom is 0.308 e. The molecule has 3 amide bonds. The molecule has 0 aromatic carbocycles. The smallest absolute Gasteiger partial charge is 0.308 e. The molecule has 0 aliphatic carbocycles. The highest BCUT2D eigenvalue weighted by Crippen LogP contribution is 2.29. The predicted molar refractivity (Wildman–Crippen MR) is 177 cm³/mol. The molecule has 0 spiro atoms. The van der Waals surface area contributed by atoms with Gasteiger partial charge in [0.2, 0.25) is 11.8 Å². The van der Waals surface area contributed by atoms with Gasteiger partial charge in [0.1, 0.15) is 16.7 Å². The van der Waals surface area contributed by atoms with Crippen LogP contribution in [0, 0.1) is 11.8 Å². The Kier molecular flexibility index (Phi) is 16.4. The van der Waals surface area contributed by atoms with Crippen molar-refractivity contribution in [2.24, 2.45) is 11.8 Å². The third-order valence-corrected chi connectivity index (χ3v) is 9.59. The zero-order chi connectivity index (χ0) is 33.7. The fraction of sp³-hybridized carbons (Fsp3) is 0.742. The van der Waals surface area contributed by atoms with Crippen molar-refractivity contribution >= 4 is 50.2 Å². The van der Waals surface area contributed by atoms with E-state index in [1.165, 1.54) is 25.4 Å². The SMILES string of the molecule is CCC[C@H](NC(=O)[C@H]1CCCCN1C)C(=O)N[C@H](C[C@@H](OC(C)=O)c1nc(C(=O)N[C@@H](CP)C[C@H](C)C(=O)OC)cs1)C(C)C. The quantitative estimate of drug-likeness (QED) is 0.168. The van der Waals surface area contributed by atoms with Crippen LogP contribution in [0.25, 0.3) is 0 Å². The molecule has 254 valence electrons. The van der Waals surface area contributed by atoms with Crippen molar-refractivity contribution in [3.8, 4) is 0 Å². The number of likely N-dealkylation sites (N-methyl/N-ethyl adjacent to an activating group) is 1. The molecule has 1 aliphatic rings. The van der Waals surface area contributed by atoms with Crippen molar-refractivity contribution in [2.45, 2.75) is 110 Å². The fourth-order valence-corrected chi connectivity index (χ4v) is 6.53. The monoisotopic (exact) mass is 669 g/mol. The molecule has 0 radical (unpaired) electrons. The summed E-state index contributed by atoms with van der Waals surface area (Å²) in [7, 11) is 5.84. The van der Waals surface area contributed by atoms with Crippen LogP contribution in [0.4, 0.5) is 0 Å². The number of nitrogens with one attached hydrogen (secondary N) is 3. The lowest BCUT2D eigenvalue weighted by molar-refractivity contribution is -0.148. The number of ether oxygens (including phenoxy) is 2. The summed E-state index contributed by atoms with van der Waals surface area (Å²) in [6.45, 7) is 9.78. The van der Waals surface area contributed by atoms with E-state index in [0.717, 1.165) is 25.8 Å². The average Bonchev–Trinajstić information content (AvgIpc) is 3.49. The number of methoxy groups -OCH3 is 1. The van der Waals surface area contributed by atoms with Crippen molar-refractivity contribution in [3.05, 3.63) is 16.1 Å². The standard InChI is InChI=1S/C31H52N5O7PS/c1-8-11-22(33-29(40)25-12-9-10-13-36(25)6)27(38)34-23(18(2)3)15-26(43-20(5)37)30-35-24(17-45-30)28(39)32-21(16-44)14-19(4)31(41)42-7/h17-19,21-23,25-26H,8-16,44H2,1-7H3,(H,32,39)(H,33,40)(H,34,38)/t19-,21+,22-,23+,25+,26+/m0/s1. The summed E-state index contributed by atoms with van der Waals surface area (Å²) in [4.78, 5) is 70.1. The maximum absolute atomic E-state index is 13.5. The number of rotatable bonds is 17. The molecular weight excluding hydrogens is 617 g/mol. The van der Waals surface area contributed by atoms with E-state index >= 15 is 0 Å². The Labute approximate surface area is 273 Å². The number of likely N-dealkylation sites (tertiary alicyclic amines) is 1. The number of carbonyl (C=O) groups is 5. The lowest BCUT2D eigenvalue weighted by Gasteiger charge is -2.33. The number of carbonyl (C=O) groups excluding carboxylic acids is 5. The van der Waals surface area contributed by atoms with E-state index in [-0.39, 0.29) is 53.8 Å². The summed E-state index contributed by atoms with van der Waals surface area (Å²) in [5, 5.41) is 11.0. The zero-order valence-corrected chi connectivity index (χ0v) is 29.7.